The van der Waals surface area contributed by atoms with Crippen LogP contribution in [0.2, 0.25) is 0 Å². The van der Waals surface area contributed by atoms with Crippen molar-refractivity contribution in [3.8, 4) is 0 Å². The van der Waals surface area contributed by atoms with Crippen molar-refractivity contribution in [2.45, 2.75) is 45.8 Å². The molecule has 2 rings (SSSR count). The van der Waals surface area contributed by atoms with Gasteiger partial charge in [-0.1, -0.05) is 13.8 Å². The number of rotatable bonds is 4. The molecule has 1 aromatic rings. The Morgan fingerprint density at radius 2 is 1.95 bits per heavy atom. The van der Waals surface area contributed by atoms with Gasteiger partial charge in [-0.15, -0.1) is 0 Å². The molecule has 0 heterocycles. The molecule has 20 heavy (non-hydrogen) atoms. The fourth-order valence-electron chi connectivity index (χ4n) is 3.08. The third-order valence-corrected chi connectivity index (χ3v) is 3.91. The van der Waals surface area contributed by atoms with Crippen molar-refractivity contribution in [2.24, 2.45) is 11.8 Å². The third kappa shape index (κ3) is 3.70. The zero-order valence-electron chi connectivity index (χ0n) is 12.0. The Balaban J connectivity index is 1.94. The van der Waals surface area contributed by atoms with E-state index in [1.807, 2.05) is 0 Å². The molecule has 1 aromatic carbocycles. The smallest absolute Gasteiger partial charge is 0.292 e. The number of hydrogen-bond acceptors (Lipinski definition) is 4. The zero-order chi connectivity index (χ0) is 14.7. The molecule has 110 valence electrons. The molecule has 0 saturated heterocycles. The van der Waals surface area contributed by atoms with E-state index in [-0.39, 0.29) is 17.5 Å². The van der Waals surface area contributed by atoms with Crippen molar-refractivity contribution in [2.75, 3.05) is 5.73 Å². The van der Waals surface area contributed by atoms with E-state index in [2.05, 4.69) is 13.8 Å². The van der Waals surface area contributed by atoms with Crippen LogP contribution in [-0.2, 0) is 11.3 Å². The van der Waals surface area contributed by atoms with E-state index in [9.17, 15) is 10.1 Å². The van der Waals surface area contributed by atoms with Crippen LogP contribution in [0.25, 0.3) is 0 Å². The molecule has 2 unspecified atom stereocenters. The van der Waals surface area contributed by atoms with Gasteiger partial charge in [0.15, 0.2) is 0 Å². The van der Waals surface area contributed by atoms with Gasteiger partial charge in [0.05, 0.1) is 17.6 Å². The highest BCUT2D eigenvalue weighted by Crippen LogP contribution is 2.31. The molecule has 0 amide bonds. The van der Waals surface area contributed by atoms with Crippen LogP contribution in [-0.4, -0.2) is 11.0 Å². The monoisotopic (exact) mass is 278 g/mol. The highest BCUT2D eigenvalue weighted by atomic mass is 16.6. The Bertz CT molecular complexity index is 480. The Labute approximate surface area is 119 Å². The van der Waals surface area contributed by atoms with Gasteiger partial charge < -0.3 is 10.5 Å². The summed E-state index contributed by atoms with van der Waals surface area (Å²) in [6, 6.07) is 4.79. The summed E-state index contributed by atoms with van der Waals surface area (Å²) in [5, 5.41) is 10.7. The standard InChI is InChI=1S/C15H22N2O3/c1-10-5-11(2)7-13(6-10)20-9-12-3-4-15(17(18)19)14(16)8-12/h3-4,8,10-11,13H,5-7,9,16H2,1-2H3. The second kappa shape index (κ2) is 6.22. The van der Waals surface area contributed by atoms with Crippen LogP contribution < -0.4 is 5.73 Å². The molecule has 0 bridgehead atoms. The van der Waals surface area contributed by atoms with Gasteiger partial charge in [0.25, 0.3) is 5.69 Å². The molecule has 0 radical (unpaired) electrons. The molecule has 0 spiro atoms. The van der Waals surface area contributed by atoms with Gasteiger partial charge in [-0.05, 0) is 48.8 Å². The summed E-state index contributed by atoms with van der Waals surface area (Å²) in [6.45, 7) is 4.98. The van der Waals surface area contributed by atoms with Crippen molar-refractivity contribution in [1.29, 1.82) is 0 Å². The second-order valence-corrected chi connectivity index (χ2v) is 6.00. The molecule has 0 aromatic heterocycles. The van der Waals surface area contributed by atoms with Gasteiger partial charge in [0.2, 0.25) is 0 Å². The summed E-state index contributed by atoms with van der Waals surface area (Å²) in [5.74, 6) is 1.40. The van der Waals surface area contributed by atoms with Crippen molar-refractivity contribution in [1.82, 2.24) is 0 Å². The fraction of sp³-hybridized carbons (Fsp3) is 0.600. The first-order valence-corrected chi connectivity index (χ1v) is 7.10. The van der Waals surface area contributed by atoms with Crippen molar-refractivity contribution in [3.05, 3.63) is 33.9 Å². The quantitative estimate of drug-likeness (QED) is 0.519. The highest BCUT2D eigenvalue weighted by Gasteiger charge is 2.24. The number of nitro benzene ring substituents is 1. The summed E-state index contributed by atoms with van der Waals surface area (Å²) in [6.07, 6.45) is 3.73. The van der Waals surface area contributed by atoms with Gasteiger partial charge in [-0.3, -0.25) is 10.1 Å². The van der Waals surface area contributed by atoms with E-state index in [1.54, 1.807) is 12.1 Å². The van der Waals surface area contributed by atoms with Crippen LogP contribution in [0.3, 0.4) is 0 Å². The lowest BCUT2D eigenvalue weighted by molar-refractivity contribution is -0.383. The Morgan fingerprint density at radius 3 is 2.50 bits per heavy atom. The van der Waals surface area contributed by atoms with Crippen molar-refractivity contribution >= 4 is 11.4 Å². The molecule has 1 aliphatic rings. The first kappa shape index (κ1) is 14.8. The molecule has 5 heteroatoms. The van der Waals surface area contributed by atoms with Gasteiger partial charge in [0.1, 0.15) is 5.69 Å². The SMILES string of the molecule is CC1CC(C)CC(OCc2ccc([N+](=O)[O-])c(N)c2)C1. The van der Waals surface area contributed by atoms with Gasteiger partial charge in [-0.2, -0.15) is 0 Å². The second-order valence-electron chi connectivity index (χ2n) is 6.00. The maximum Gasteiger partial charge on any atom is 0.292 e. The number of nitro groups is 1. The predicted molar refractivity (Wildman–Crippen MR) is 78.3 cm³/mol. The summed E-state index contributed by atoms with van der Waals surface area (Å²) in [4.78, 5) is 10.2. The van der Waals surface area contributed by atoms with Gasteiger partial charge in [-0.25, -0.2) is 0 Å². The van der Waals surface area contributed by atoms with Gasteiger partial charge in [0, 0.05) is 6.07 Å². The van der Waals surface area contributed by atoms with Crippen LogP contribution >= 0.6 is 0 Å². The molecule has 1 aliphatic carbocycles. The first-order chi connectivity index (χ1) is 9.45. The maximum atomic E-state index is 10.7. The predicted octanol–water partition coefficient (Wildman–Crippen LogP) is 3.52. The van der Waals surface area contributed by atoms with E-state index in [4.69, 9.17) is 10.5 Å². The van der Waals surface area contributed by atoms with Crippen LogP contribution in [0, 0.1) is 22.0 Å². The lowest BCUT2D eigenvalue weighted by Crippen LogP contribution is -2.26. The van der Waals surface area contributed by atoms with E-state index in [0.29, 0.717) is 18.4 Å². The lowest BCUT2D eigenvalue weighted by Gasteiger charge is -2.31. The van der Waals surface area contributed by atoms with Crippen LogP contribution in [0.15, 0.2) is 18.2 Å². The normalized spacial score (nSPS) is 26.4. The van der Waals surface area contributed by atoms with Crippen LogP contribution in [0.4, 0.5) is 11.4 Å². The van der Waals surface area contributed by atoms with Crippen molar-refractivity contribution in [3.63, 3.8) is 0 Å². The van der Waals surface area contributed by atoms with Crippen LogP contribution in [0.5, 0.6) is 0 Å². The Kier molecular flexibility index (Phi) is 4.60. The molecule has 1 saturated carbocycles. The zero-order valence-corrected chi connectivity index (χ0v) is 12.0. The summed E-state index contributed by atoms with van der Waals surface area (Å²) >= 11 is 0. The van der Waals surface area contributed by atoms with E-state index >= 15 is 0 Å². The molecular formula is C15H22N2O3. The maximum absolute atomic E-state index is 10.7. The van der Waals surface area contributed by atoms with E-state index in [0.717, 1.165) is 18.4 Å². The third-order valence-electron chi connectivity index (χ3n) is 3.91. The number of anilines is 1. The highest BCUT2D eigenvalue weighted by molar-refractivity contribution is 5.59. The van der Waals surface area contributed by atoms with E-state index < -0.39 is 4.92 Å². The lowest BCUT2D eigenvalue weighted by atomic mass is 9.82. The topological polar surface area (TPSA) is 78.4 Å². The fourth-order valence-corrected chi connectivity index (χ4v) is 3.08. The first-order valence-electron chi connectivity index (χ1n) is 7.10. The molecular weight excluding hydrogens is 256 g/mol. The number of nitrogen functional groups attached to an aromatic ring is 1. The minimum atomic E-state index is -0.468. The largest absolute Gasteiger partial charge is 0.393 e. The summed E-state index contributed by atoms with van der Waals surface area (Å²) in [7, 11) is 0. The number of ether oxygens (including phenoxy) is 1. The number of nitrogens with zero attached hydrogens (tertiary/aromatic N) is 1. The Morgan fingerprint density at radius 1 is 1.30 bits per heavy atom. The molecule has 2 N–H and O–H groups in total. The minimum absolute atomic E-state index is 0.0475. The minimum Gasteiger partial charge on any atom is -0.393 e. The van der Waals surface area contributed by atoms with Crippen molar-refractivity contribution < 1.29 is 9.66 Å². The number of hydrogen-bond donors (Lipinski definition) is 1. The average Bonchev–Trinajstić information content (AvgIpc) is 2.35. The average molecular weight is 278 g/mol. The molecule has 2 atom stereocenters. The molecule has 1 fully saturated rings. The van der Waals surface area contributed by atoms with Gasteiger partial charge >= 0.3 is 0 Å². The molecule has 5 nitrogen and oxygen atoms in total. The number of benzene rings is 1. The van der Waals surface area contributed by atoms with E-state index in [1.165, 1.54) is 12.5 Å². The van der Waals surface area contributed by atoms with Crippen LogP contribution in [0.1, 0.15) is 38.7 Å². The Hall–Kier alpha value is -1.62. The summed E-state index contributed by atoms with van der Waals surface area (Å²) < 4.78 is 5.94. The summed E-state index contributed by atoms with van der Waals surface area (Å²) in [5.41, 5.74) is 6.71. The number of nitrogens with two attached hydrogens (primary N) is 1. The molecule has 0 aliphatic heterocycles.